The third kappa shape index (κ3) is 5.03. The fourth-order valence-corrected chi connectivity index (χ4v) is 4.08. The lowest BCUT2D eigenvalue weighted by Gasteiger charge is -2.33. The first kappa shape index (κ1) is 21.5. The number of benzene rings is 1. The van der Waals surface area contributed by atoms with Gasteiger partial charge in [0.2, 0.25) is 0 Å². The van der Waals surface area contributed by atoms with E-state index in [1.165, 1.54) is 30.2 Å². The molecule has 1 N–H and O–H groups in total. The summed E-state index contributed by atoms with van der Waals surface area (Å²) in [5.41, 5.74) is 1.08. The molecule has 2 aliphatic rings. The molecule has 1 saturated heterocycles. The third-order valence-corrected chi connectivity index (χ3v) is 5.81. The van der Waals surface area contributed by atoms with E-state index in [0.29, 0.717) is 48.8 Å². The number of piperidine rings is 1. The van der Waals surface area contributed by atoms with Crippen LogP contribution in [-0.4, -0.2) is 73.5 Å². The maximum Gasteiger partial charge on any atom is 0.261 e. The van der Waals surface area contributed by atoms with E-state index in [2.05, 4.69) is 17.1 Å². The third-order valence-electron chi connectivity index (χ3n) is 5.81. The smallest absolute Gasteiger partial charge is 0.261 e. The molecule has 1 aromatic carbocycles. The number of likely N-dealkylation sites (tertiary alicyclic amines) is 1. The van der Waals surface area contributed by atoms with E-state index in [9.17, 15) is 14.4 Å². The van der Waals surface area contributed by atoms with Gasteiger partial charge in [0.15, 0.2) is 0 Å². The Labute approximate surface area is 172 Å². The van der Waals surface area contributed by atoms with Gasteiger partial charge in [-0.15, -0.1) is 0 Å². The fraction of sp³-hybridized carbons (Fsp3) is 0.591. The van der Waals surface area contributed by atoms with Crippen LogP contribution in [0.3, 0.4) is 0 Å². The highest BCUT2D eigenvalue weighted by atomic mass is 16.5. The van der Waals surface area contributed by atoms with Gasteiger partial charge in [0.05, 0.1) is 11.1 Å². The minimum absolute atomic E-state index is 0.211. The van der Waals surface area contributed by atoms with Crippen LogP contribution in [0, 0.1) is 0 Å². The second kappa shape index (κ2) is 9.98. The SMILES string of the molecule is COCCCN1C(=O)c2ccc(C(=O)NCCCN3CCCC[C@@H]3C)cc2C1=O. The quantitative estimate of drug-likeness (QED) is 0.507. The zero-order valence-corrected chi connectivity index (χ0v) is 17.4. The largest absolute Gasteiger partial charge is 0.385 e. The molecule has 0 radical (unpaired) electrons. The molecule has 3 rings (SSSR count). The molecule has 0 saturated carbocycles. The standard InChI is InChI=1S/C22H31N3O4/c1-16-7-3-4-11-24(16)12-5-10-23-20(26)17-8-9-18-19(15-17)22(28)25(21(18)27)13-6-14-29-2/h8-9,15-16H,3-7,10-14H2,1-2H3,(H,23,26)/t16-/m0/s1. The molecule has 2 heterocycles. The Kier molecular flexibility index (Phi) is 7.39. The van der Waals surface area contributed by atoms with Crippen LogP contribution in [0.2, 0.25) is 0 Å². The molecule has 1 fully saturated rings. The van der Waals surface area contributed by atoms with E-state index in [1.54, 1.807) is 19.2 Å². The number of ether oxygens (including phenoxy) is 1. The van der Waals surface area contributed by atoms with Gasteiger partial charge in [0, 0.05) is 45.0 Å². The van der Waals surface area contributed by atoms with Crippen LogP contribution in [0.15, 0.2) is 18.2 Å². The average molecular weight is 402 g/mol. The van der Waals surface area contributed by atoms with Gasteiger partial charge in [-0.2, -0.15) is 0 Å². The van der Waals surface area contributed by atoms with Crippen LogP contribution in [0.5, 0.6) is 0 Å². The molecular weight excluding hydrogens is 370 g/mol. The van der Waals surface area contributed by atoms with Gasteiger partial charge in [0.25, 0.3) is 17.7 Å². The number of hydrogen-bond donors (Lipinski definition) is 1. The molecule has 7 heteroatoms. The van der Waals surface area contributed by atoms with Crippen LogP contribution in [0.4, 0.5) is 0 Å². The number of methoxy groups -OCH3 is 1. The number of nitrogens with one attached hydrogen (secondary N) is 1. The van der Waals surface area contributed by atoms with Crippen molar-refractivity contribution in [2.45, 2.75) is 45.1 Å². The van der Waals surface area contributed by atoms with Gasteiger partial charge >= 0.3 is 0 Å². The number of rotatable bonds is 9. The van der Waals surface area contributed by atoms with E-state index < -0.39 is 0 Å². The van der Waals surface area contributed by atoms with Crippen LogP contribution in [0.25, 0.3) is 0 Å². The van der Waals surface area contributed by atoms with E-state index in [1.807, 2.05) is 0 Å². The van der Waals surface area contributed by atoms with Gasteiger partial charge < -0.3 is 15.0 Å². The van der Waals surface area contributed by atoms with Crippen LogP contribution < -0.4 is 5.32 Å². The number of carbonyl (C=O) groups is 3. The van der Waals surface area contributed by atoms with Crippen molar-refractivity contribution in [2.75, 3.05) is 39.9 Å². The van der Waals surface area contributed by atoms with Crippen molar-refractivity contribution in [2.24, 2.45) is 0 Å². The normalized spacial score (nSPS) is 19.5. The predicted octanol–water partition coefficient (Wildman–Crippen LogP) is 2.31. The molecule has 2 aliphatic heterocycles. The lowest BCUT2D eigenvalue weighted by atomic mass is 10.0. The first-order valence-electron chi connectivity index (χ1n) is 10.5. The van der Waals surface area contributed by atoms with Gasteiger partial charge in [-0.3, -0.25) is 19.3 Å². The predicted molar refractivity (Wildman–Crippen MR) is 110 cm³/mol. The van der Waals surface area contributed by atoms with E-state index >= 15 is 0 Å². The second-order valence-electron chi connectivity index (χ2n) is 7.86. The van der Waals surface area contributed by atoms with Crippen molar-refractivity contribution < 1.29 is 19.1 Å². The number of carbonyl (C=O) groups excluding carboxylic acids is 3. The molecule has 0 aromatic heterocycles. The van der Waals surface area contributed by atoms with Crippen molar-refractivity contribution >= 4 is 17.7 Å². The molecule has 29 heavy (non-hydrogen) atoms. The topological polar surface area (TPSA) is 79.0 Å². The molecule has 1 aromatic rings. The van der Waals surface area contributed by atoms with Crippen LogP contribution >= 0.6 is 0 Å². The Balaban J connectivity index is 1.52. The molecular formula is C22H31N3O4. The lowest BCUT2D eigenvalue weighted by Crippen LogP contribution is -2.39. The van der Waals surface area contributed by atoms with Gasteiger partial charge in [0.1, 0.15) is 0 Å². The summed E-state index contributed by atoms with van der Waals surface area (Å²) in [6.07, 6.45) is 5.28. The van der Waals surface area contributed by atoms with Crippen molar-refractivity contribution in [1.82, 2.24) is 15.1 Å². The highest BCUT2D eigenvalue weighted by Crippen LogP contribution is 2.24. The number of hydrogen-bond acceptors (Lipinski definition) is 5. The minimum atomic E-state index is -0.338. The fourth-order valence-electron chi connectivity index (χ4n) is 4.08. The summed E-state index contributed by atoms with van der Waals surface area (Å²) in [5.74, 6) is -0.851. The minimum Gasteiger partial charge on any atom is -0.385 e. The van der Waals surface area contributed by atoms with Gasteiger partial charge in [-0.25, -0.2) is 0 Å². The molecule has 0 aliphatic carbocycles. The zero-order valence-electron chi connectivity index (χ0n) is 17.4. The molecule has 0 unspecified atom stereocenters. The highest BCUT2D eigenvalue weighted by Gasteiger charge is 2.35. The lowest BCUT2D eigenvalue weighted by molar-refractivity contribution is 0.0638. The average Bonchev–Trinajstić information content (AvgIpc) is 2.96. The summed E-state index contributed by atoms with van der Waals surface area (Å²) >= 11 is 0. The number of amides is 3. The van der Waals surface area contributed by atoms with Gasteiger partial charge in [-0.05, 0) is 57.4 Å². The van der Waals surface area contributed by atoms with E-state index in [4.69, 9.17) is 4.74 Å². The first-order chi connectivity index (χ1) is 14.0. The van der Waals surface area contributed by atoms with Crippen LogP contribution in [0.1, 0.15) is 70.1 Å². The monoisotopic (exact) mass is 401 g/mol. The number of nitrogens with zero attached hydrogens (tertiary/aromatic N) is 2. The molecule has 158 valence electrons. The zero-order chi connectivity index (χ0) is 20.8. The maximum absolute atomic E-state index is 12.6. The Morgan fingerprint density at radius 1 is 1.14 bits per heavy atom. The Morgan fingerprint density at radius 2 is 1.93 bits per heavy atom. The van der Waals surface area contributed by atoms with Crippen molar-refractivity contribution in [3.05, 3.63) is 34.9 Å². The number of imide groups is 1. The molecule has 1 atom stereocenters. The Bertz CT molecular complexity index is 764. The van der Waals surface area contributed by atoms with Crippen molar-refractivity contribution in [3.8, 4) is 0 Å². The summed E-state index contributed by atoms with van der Waals surface area (Å²) in [7, 11) is 1.58. The summed E-state index contributed by atoms with van der Waals surface area (Å²) in [6.45, 7) is 5.77. The second-order valence-corrected chi connectivity index (χ2v) is 7.86. The molecule has 0 bridgehead atoms. The van der Waals surface area contributed by atoms with E-state index in [0.717, 1.165) is 19.5 Å². The molecule has 3 amide bonds. The first-order valence-corrected chi connectivity index (χ1v) is 10.5. The summed E-state index contributed by atoms with van der Waals surface area (Å²) in [4.78, 5) is 41.2. The van der Waals surface area contributed by atoms with Crippen molar-refractivity contribution in [1.29, 1.82) is 0 Å². The number of fused-ring (bicyclic) bond motifs is 1. The summed E-state index contributed by atoms with van der Waals surface area (Å²) < 4.78 is 4.99. The summed E-state index contributed by atoms with van der Waals surface area (Å²) in [6, 6.07) is 5.35. The van der Waals surface area contributed by atoms with Crippen LogP contribution in [-0.2, 0) is 4.74 Å². The molecule has 0 spiro atoms. The highest BCUT2D eigenvalue weighted by molar-refractivity contribution is 6.22. The Morgan fingerprint density at radius 3 is 2.69 bits per heavy atom. The van der Waals surface area contributed by atoms with Gasteiger partial charge in [-0.1, -0.05) is 6.42 Å². The van der Waals surface area contributed by atoms with Crippen molar-refractivity contribution in [3.63, 3.8) is 0 Å². The summed E-state index contributed by atoms with van der Waals surface area (Å²) in [5, 5.41) is 2.93. The Hall–Kier alpha value is -2.25. The maximum atomic E-state index is 12.6. The van der Waals surface area contributed by atoms with E-state index in [-0.39, 0.29) is 17.7 Å². The molecule has 7 nitrogen and oxygen atoms in total.